The standard InChI is InChI=1S/C24H21N3O2S3/c1-16(28)25-13-20-11-12-22(32-20)21-15-31-24(26-21)27-23(29)18-7-9-19(10-8-18)30-14-17-5-3-2-4-6-17/h2-12,15H,13-14H2,1H3,(H,25,28)(H,26,27,29). The number of nitrogens with one attached hydrogen (secondary N) is 2. The van der Waals surface area contributed by atoms with Crippen LogP contribution in [0.5, 0.6) is 0 Å². The molecule has 0 radical (unpaired) electrons. The highest BCUT2D eigenvalue weighted by Gasteiger charge is 2.12. The Bertz CT molecular complexity index is 1200. The first-order chi connectivity index (χ1) is 15.6. The summed E-state index contributed by atoms with van der Waals surface area (Å²) in [5.41, 5.74) is 2.68. The summed E-state index contributed by atoms with van der Waals surface area (Å²) in [6, 6.07) is 21.9. The molecular weight excluding hydrogens is 458 g/mol. The van der Waals surface area contributed by atoms with Crippen molar-refractivity contribution in [2.24, 2.45) is 0 Å². The van der Waals surface area contributed by atoms with E-state index in [1.54, 1.807) is 23.1 Å². The molecule has 5 nitrogen and oxygen atoms in total. The Hall–Kier alpha value is -2.94. The van der Waals surface area contributed by atoms with Crippen molar-refractivity contribution in [3.05, 3.63) is 88.1 Å². The summed E-state index contributed by atoms with van der Waals surface area (Å²) in [5.74, 6) is 0.660. The van der Waals surface area contributed by atoms with Crippen molar-refractivity contribution in [3.8, 4) is 10.6 Å². The van der Waals surface area contributed by atoms with E-state index in [0.29, 0.717) is 17.2 Å². The Morgan fingerprint density at radius 3 is 2.53 bits per heavy atom. The lowest BCUT2D eigenvalue weighted by Gasteiger charge is -2.05. The molecule has 2 heterocycles. The third-order valence-corrected chi connectivity index (χ3v) is 7.46. The lowest BCUT2D eigenvalue weighted by atomic mass is 10.2. The number of thiophene rings is 1. The third-order valence-electron chi connectivity index (χ3n) is 4.52. The average Bonchev–Trinajstić information content (AvgIpc) is 3.47. The van der Waals surface area contributed by atoms with Gasteiger partial charge in [0.1, 0.15) is 0 Å². The van der Waals surface area contributed by atoms with Crippen LogP contribution >= 0.6 is 34.4 Å². The van der Waals surface area contributed by atoms with Gasteiger partial charge in [0, 0.05) is 33.4 Å². The van der Waals surface area contributed by atoms with Crippen LogP contribution < -0.4 is 10.6 Å². The first-order valence-corrected chi connectivity index (χ1v) is 12.6. The van der Waals surface area contributed by atoms with Gasteiger partial charge in [-0.1, -0.05) is 30.3 Å². The number of nitrogens with zero attached hydrogens (tertiary/aromatic N) is 1. The quantitative estimate of drug-likeness (QED) is 0.302. The highest BCUT2D eigenvalue weighted by atomic mass is 32.2. The Kier molecular flexibility index (Phi) is 7.36. The van der Waals surface area contributed by atoms with Crippen LogP contribution in [0.4, 0.5) is 5.13 Å². The maximum Gasteiger partial charge on any atom is 0.257 e. The molecule has 0 saturated carbocycles. The van der Waals surface area contributed by atoms with Crippen molar-refractivity contribution in [2.75, 3.05) is 5.32 Å². The second kappa shape index (κ2) is 10.6. The van der Waals surface area contributed by atoms with E-state index in [1.807, 2.05) is 60.0 Å². The monoisotopic (exact) mass is 479 g/mol. The molecule has 0 aliphatic carbocycles. The van der Waals surface area contributed by atoms with E-state index >= 15 is 0 Å². The van der Waals surface area contributed by atoms with E-state index in [4.69, 9.17) is 0 Å². The van der Waals surface area contributed by atoms with Gasteiger partial charge in [-0.05, 0) is 42.0 Å². The first kappa shape index (κ1) is 22.3. The van der Waals surface area contributed by atoms with Crippen LogP contribution in [0.15, 0.2) is 77.0 Å². The van der Waals surface area contributed by atoms with Crippen LogP contribution in [0, 0.1) is 0 Å². The van der Waals surface area contributed by atoms with Crippen molar-refractivity contribution < 1.29 is 9.59 Å². The molecule has 0 bridgehead atoms. The van der Waals surface area contributed by atoms with Crippen molar-refractivity contribution in [1.82, 2.24) is 10.3 Å². The van der Waals surface area contributed by atoms with Gasteiger partial charge in [0.25, 0.3) is 5.91 Å². The SMILES string of the molecule is CC(=O)NCc1ccc(-c2csc(NC(=O)c3ccc(SCc4ccccc4)cc3)n2)s1. The number of thioether (sulfide) groups is 1. The minimum Gasteiger partial charge on any atom is -0.351 e. The summed E-state index contributed by atoms with van der Waals surface area (Å²) < 4.78 is 0. The Balaban J connectivity index is 1.33. The van der Waals surface area contributed by atoms with E-state index in [9.17, 15) is 9.59 Å². The molecule has 4 aromatic rings. The molecule has 0 aliphatic rings. The molecule has 2 amide bonds. The number of hydrogen-bond donors (Lipinski definition) is 2. The predicted octanol–water partition coefficient (Wildman–Crippen LogP) is 6.05. The van der Waals surface area contributed by atoms with Gasteiger partial charge in [0.2, 0.25) is 5.91 Å². The Morgan fingerprint density at radius 2 is 1.78 bits per heavy atom. The van der Waals surface area contributed by atoms with Crippen LogP contribution in [-0.4, -0.2) is 16.8 Å². The maximum atomic E-state index is 12.6. The second-order valence-electron chi connectivity index (χ2n) is 6.97. The molecule has 32 heavy (non-hydrogen) atoms. The summed E-state index contributed by atoms with van der Waals surface area (Å²) >= 11 is 4.71. The zero-order valence-electron chi connectivity index (χ0n) is 17.3. The highest BCUT2D eigenvalue weighted by Crippen LogP contribution is 2.31. The molecule has 2 aromatic heterocycles. The van der Waals surface area contributed by atoms with Crippen LogP contribution in [0.1, 0.15) is 27.7 Å². The minimum atomic E-state index is -0.178. The van der Waals surface area contributed by atoms with Crippen molar-refractivity contribution >= 4 is 51.4 Å². The normalized spacial score (nSPS) is 10.7. The summed E-state index contributed by atoms with van der Waals surface area (Å²) in [6.45, 7) is 2.01. The topological polar surface area (TPSA) is 71.1 Å². The van der Waals surface area contributed by atoms with Gasteiger partial charge in [-0.15, -0.1) is 34.4 Å². The molecule has 0 saturated heterocycles. The van der Waals surface area contributed by atoms with Crippen LogP contribution in [0.2, 0.25) is 0 Å². The van der Waals surface area contributed by atoms with Crippen molar-refractivity contribution in [1.29, 1.82) is 0 Å². The van der Waals surface area contributed by atoms with Gasteiger partial charge in [0.15, 0.2) is 5.13 Å². The lowest BCUT2D eigenvalue weighted by Crippen LogP contribution is -2.17. The van der Waals surface area contributed by atoms with Gasteiger partial charge < -0.3 is 5.32 Å². The number of hydrogen-bond acceptors (Lipinski definition) is 6. The van der Waals surface area contributed by atoms with Crippen LogP contribution in [0.3, 0.4) is 0 Å². The zero-order valence-corrected chi connectivity index (χ0v) is 19.8. The predicted molar refractivity (Wildman–Crippen MR) is 133 cm³/mol. The Labute approximate surface area is 198 Å². The van der Waals surface area contributed by atoms with E-state index in [-0.39, 0.29) is 11.8 Å². The van der Waals surface area contributed by atoms with E-state index in [0.717, 1.165) is 26.1 Å². The molecule has 2 aromatic carbocycles. The second-order valence-corrected chi connectivity index (χ2v) is 10.0. The maximum absolute atomic E-state index is 12.6. The number of benzene rings is 2. The number of thiazole rings is 1. The number of carbonyl (C=O) groups excluding carboxylic acids is 2. The summed E-state index contributed by atoms with van der Waals surface area (Å²) in [6.07, 6.45) is 0. The van der Waals surface area contributed by atoms with Gasteiger partial charge in [-0.25, -0.2) is 4.98 Å². The number of aromatic nitrogens is 1. The molecule has 0 unspecified atom stereocenters. The molecule has 0 fully saturated rings. The van der Waals surface area contributed by atoms with E-state index in [1.165, 1.54) is 23.8 Å². The van der Waals surface area contributed by atoms with Gasteiger partial charge in [-0.2, -0.15) is 0 Å². The van der Waals surface area contributed by atoms with Gasteiger partial charge >= 0.3 is 0 Å². The average molecular weight is 480 g/mol. The van der Waals surface area contributed by atoms with Gasteiger partial charge in [0.05, 0.1) is 17.1 Å². The molecule has 2 N–H and O–H groups in total. The smallest absolute Gasteiger partial charge is 0.257 e. The minimum absolute atomic E-state index is 0.0542. The molecule has 0 aliphatic heterocycles. The molecule has 0 spiro atoms. The number of amides is 2. The fourth-order valence-electron chi connectivity index (χ4n) is 2.88. The van der Waals surface area contributed by atoms with Gasteiger partial charge in [-0.3, -0.25) is 14.9 Å². The molecule has 0 atom stereocenters. The van der Waals surface area contributed by atoms with Crippen LogP contribution in [0.25, 0.3) is 10.6 Å². The molecule has 162 valence electrons. The number of anilines is 1. The molecule has 8 heteroatoms. The fourth-order valence-corrected chi connectivity index (χ4v) is 5.42. The lowest BCUT2D eigenvalue weighted by molar-refractivity contribution is -0.119. The van der Waals surface area contributed by atoms with E-state index in [2.05, 4.69) is 27.8 Å². The Morgan fingerprint density at radius 1 is 1.00 bits per heavy atom. The first-order valence-electron chi connectivity index (χ1n) is 9.94. The van der Waals surface area contributed by atoms with Crippen LogP contribution in [-0.2, 0) is 17.1 Å². The van der Waals surface area contributed by atoms with E-state index < -0.39 is 0 Å². The fraction of sp³-hybridized carbons (Fsp3) is 0.125. The summed E-state index contributed by atoms with van der Waals surface area (Å²) in [5, 5.41) is 8.16. The highest BCUT2D eigenvalue weighted by molar-refractivity contribution is 7.98. The third kappa shape index (κ3) is 6.06. The summed E-state index contributed by atoms with van der Waals surface area (Å²) in [4.78, 5) is 31.4. The van der Waals surface area contributed by atoms with Crippen molar-refractivity contribution in [2.45, 2.75) is 24.1 Å². The summed E-state index contributed by atoms with van der Waals surface area (Å²) in [7, 11) is 0. The largest absolute Gasteiger partial charge is 0.351 e. The zero-order chi connectivity index (χ0) is 22.3. The number of carbonyl (C=O) groups is 2. The molecule has 4 rings (SSSR count). The number of rotatable bonds is 8. The molecular formula is C24H21N3O2S3. The van der Waals surface area contributed by atoms with Crippen molar-refractivity contribution in [3.63, 3.8) is 0 Å².